The van der Waals surface area contributed by atoms with Crippen molar-refractivity contribution in [3.63, 3.8) is 0 Å². The summed E-state index contributed by atoms with van der Waals surface area (Å²) in [6, 6.07) is 13.0. The molecular weight excluding hydrogens is 317 g/mol. The van der Waals surface area contributed by atoms with Crippen LogP contribution < -0.4 is 4.74 Å². The van der Waals surface area contributed by atoms with Crippen LogP contribution in [0.2, 0.25) is 0 Å². The fourth-order valence-electron chi connectivity index (χ4n) is 3.64. The summed E-state index contributed by atoms with van der Waals surface area (Å²) in [5.74, 6) is 0.647. The number of aliphatic hydroxyl groups excluding tert-OH is 1. The van der Waals surface area contributed by atoms with E-state index in [2.05, 4.69) is 4.90 Å². The highest BCUT2D eigenvalue weighted by atomic mass is 19.1. The number of ether oxygens (including phenoxy) is 1. The first-order valence-corrected chi connectivity index (χ1v) is 8.91. The van der Waals surface area contributed by atoms with E-state index in [0.717, 1.165) is 41.8 Å². The van der Waals surface area contributed by atoms with Crippen LogP contribution in [-0.2, 0) is 0 Å². The maximum atomic E-state index is 13.1. The van der Waals surface area contributed by atoms with Gasteiger partial charge in [0.15, 0.2) is 0 Å². The van der Waals surface area contributed by atoms with E-state index in [-0.39, 0.29) is 18.5 Å². The Hall–Kier alpha value is -1.91. The van der Waals surface area contributed by atoms with Crippen molar-refractivity contribution in [1.82, 2.24) is 4.90 Å². The van der Waals surface area contributed by atoms with E-state index >= 15 is 0 Å². The van der Waals surface area contributed by atoms with Gasteiger partial charge < -0.3 is 9.84 Å². The number of rotatable bonds is 6. The number of para-hydroxylation sites is 1. The predicted octanol–water partition coefficient (Wildman–Crippen LogP) is 4.02. The molecule has 3 nitrogen and oxygen atoms in total. The fraction of sp³-hybridized carbons (Fsp3) is 0.429. The minimum Gasteiger partial charge on any atom is -0.490 e. The number of halogens is 1. The highest BCUT2D eigenvalue weighted by molar-refractivity contribution is 5.39. The molecule has 0 unspecified atom stereocenters. The molecule has 134 valence electrons. The van der Waals surface area contributed by atoms with Crippen LogP contribution in [0.15, 0.2) is 42.5 Å². The topological polar surface area (TPSA) is 32.7 Å². The Morgan fingerprint density at radius 2 is 1.84 bits per heavy atom. The SMILES string of the molecule is Cc1cccc(C)c1OC[C@H](O)CN1CCC[C@@H]1c1ccc(F)cc1. The van der Waals surface area contributed by atoms with Crippen LogP contribution in [0.4, 0.5) is 4.39 Å². The quantitative estimate of drug-likeness (QED) is 0.860. The molecule has 1 N–H and O–H groups in total. The molecule has 2 atom stereocenters. The lowest BCUT2D eigenvalue weighted by Crippen LogP contribution is -2.35. The van der Waals surface area contributed by atoms with Gasteiger partial charge in [-0.15, -0.1) is 0 Å². The van der Waals surface area contributed by atoms with Gasteiger partial charge in [0.2, 0.25) is 0 Å². The second-order valence-electron chi connectivity index (χ2n) is 6.89. The molecule has 1 aliphatic rings. The largest absolute Gasteiger partial charge is 0.490 e. The molecule has 2 aromatic rings. The summed E-state index contributed by atoms with van der Waals surface area (Å²) in [4.78, 5) is 2.27. The van der Waals surface area contributed by atoms with Crippen LogP contribution in [0.1, 0.15) is 35.6 Å². The predicted molar refractivity (Wildman–Crippen MR) is 97.4 cm³/mol. The zero-order valence-electron chi connectivity index (χ0n) is 14.9. The van der Waals surface area contributed by atoms with E-state index in [0.29, 0.717) is 6.54 Å². The van der Waals surface area contributed by atoms with Gasteiger partial charge in [-0.2, -0.15) is 0 Å². The van der Waals surface area contributed by atoms with E-state index in [1.54, 1.807) is 0 Å². The summed E-state index contributed by atoms with van der Waals surface area (Å²) >= 11 is 0. The summed E-state index contributed by atoms with van der Waals surface area (Å²) < 4.78 is 19.0. The summed E-state index contributed by atoms with van der Waals surface area (Å²) in [5.41, 5.74) is 3.27. The minimum atomic E-state index is -0.556. The third-order valence-electron chi connectivity index (χ3n) is 4.89. The van der Waals surface area contributed by atoms with Gasteiger partial charge in [-0.05, 0) is 62.1 Å². The van der Waals surface area contributed by atoms with Crippen LogP contribution in [0, 0.1) is 19.7 Å². The molecule has 4 heteroatoms. The Labute approximate surface area is 149 Å². The Balaban J connectivity index is 1.58. The van der Waals surface area contributed by atoms with Crippen molar-refractivity contribution in [2.24, 2.45) is 0 Å². The Morgan fingerprint density at radius 3 is 2.52 bits per heavy atom. The molecule has 1 saturated heterocycles. The third-order valence-corrected chi connectivity index (χ3v) is 4.89. The van der Waals surface area contributed by atoms with Gasteiger partial charge >= 0.3 is 0 Å². The van der Waals surface area contributed by atoms with Crippen molar-refractivity contribution < 1.29 is 14.2 Å². The van der Waals surface area contributed by atoms with Crippen molar-refractivity contribution in [1.29, 1.82) is 0 Å². The van der Waals surface area contributed by atoms with Crippen molar-refractivity contribution in [3.05, 3.63) is 65.0 Å². The summed E-state index contributed by atoms with van der Waals surface area (Å²) in [6.07, 6.45) is 1.57. The second-order valence-corrected chi connectivity index (χ2v) is 6.89. The summed E-state index contributed by atoms with van der Waals surface area (Å²) in [5, 5.41) is 10.4. The summed E-state index contributed by atoms with van der Waals surface area (Å²) in [7, 11) is 0. The third kappa shape index (κ3) is 4.39. The minimum absolute atomic E-state index is 0.213. The van der Waals surface area contributed by atoms with Crippen molar-refractivity contribution in [2.75, 3.05) is 19.7 Å². The van der Waals surface area contributed by atoms with E-state index < -0.39 is 6.10 Å². The van der Waals surface area contributed by atoms with Gasteiger partial charge in [0.05, 0.1) is 0 Å². The van der Waals surface area contributed by atoms with Gasteiger partial charge in [-0.3, -0.25) is 4.90 Å². The molecule has 3 rings (SSSR count). The summed E-state index contributed by atoms with van der Waals surface area (Å²) in [6.45, 7) is 5.81. The molecule has 0 aliphatic carbocycles. The first kappa shape index (κ1) is 17.9. The molecule has 1 heterocycles. The normalized spacial score (nSPS) is 19.1. The number of hydrogen-bond donors (Lipinski definition) is 1. The highest BCUT2D eigenvalue weighted by Gasteiger charge is 2.27. The molecule has 0 aromatic heterocycles. The molecule has 0 spiro atoms. The molecule has 2 aromatic carbocycles. The number of likely N-dealkylation sites (tertiary alicyclic amines) is 1. The highest BCUT2D eigenvalue weighted by Crippen LogP contribution is 2.32. The molecule has 0 amide bonds. The van der Waals surface area contributed by atoms with Gasteiger partial charge in [0.1, 0.15) is 24.3 Å². The van der Waals surface area contributed by atoms with Crippen LogP contribution >= 0.6 is 0 Å². The van der Waals surface area contributed by atoms with Crippen LogP contribution in [0.5, 0.6) is 5.75 Å². The van der Waals surface area contributed by atoms with Gasteiger partial charge in [0.25, 0.3) is 0 Å². The zero-order chi connectivity index (χ0) is 17.8. The van der Waals surface area contributed by atoms with E-state index in [1.807, 2.05) is 44.2 Å². The first-order valence-electron chi connectivity index (χ1n) is 8.91. The molecule has 0 bridgehead atoms. The molecule has 1 fully saturated rings. The van der Waals surface area contributed by atoms with Crippen LogP contribution in [-0.4, -0.2) is 35.8 Å². The second kappa shape index (κ2) is 7.98. The Kier molecular flexibility index (Phi) is 5.71. The van der Waals surface area contributed by atoms with Crippen LogP contribution in [0.25, 0.3) is 0 Å². The van der Waals surface area contributed by atoms with Crippen molar-refractivity contribution in [2.45, 2.75) is 38.8 Å². The lowest BCUT2D eigenvalue weighted by Gasteiger charge is -2.27. The smallest absolute Gasteiger partial charge is 0.125 e. The maximum Gasteiger partial charge on any atom is 0.125 e. The van der Waals surface area contributed by atoms with E-state index in [4.69, 9.17) is 4.74 Å². The lowest BCUT2D eigenvalue weighted by atomic mass is 10.0. The van der Waals surface area contributed by atoms with E-state index in [1.165, 1.54) is 12.1 Å². The Bertz CT molecular complexity index is 681. The fourth-order valence-corrected chi connectivity index (χ4v) is 3.64. The van der Waals surface area contributed by atoms with Gasteiger partial charge in [0, 0.05) is 12.6 Å². The lowest BCUT2D eigenvalue weighted by molar-refractivity contribution is 0.0634. The van der Waals surface area contributed by atoms with Gasteiger partial charge in [-0.1, -0.05) is 30.3 Å². The van der Waals surface area contributed by atoms with Crippen LogP contribution in [0.3, 0.4) is 0 Å². The molecule has 0 saturated carbocycles. The molecule has 25 heavy (non-hydrogen) atoms. The van der Waals surface area contributed by atoms with Crippen molar-refractivity contribution in [3.8, 4) is 5.75 Å². The number of nitrogens with zero attached hydrogens (tertiary/aromatic N) is 1. The van der Waals surface area contributed by atoms with E-state index in [9.17, 15) is 9.50 Å². The monoisotopic (exact) mass is 343 g/mol. The van der Waals surface area contributed by atoms with Crippen molar-refractivity contribution >= 4 is 0 Å². The average Bonchev–Trinajstić information content (AvgIpc) is 3.03. The molecule has 1 aliphatic heterocycles. The number of aliphatic hydroxyl groups is 1. The zero-order valence-corrected chi connectivity index (χ0v) is 14.9. The molecule has 0 radical (unpaired) electrons. The Morgan fingerprint density at radius 1 is 1.16 bits per heavy atom. The maximum absolute atomic E-state index is 13.1. The average molecular weight is 343 g/mol. The van der Waals surface area contributed by atoms with Gasteiger partial charge in [-0.25, -0.2) is 4.39 Å². The standard InChI is InChI=1S/C21H26FNO2/c1-15-5-3-6-16(2)21(15)25-14-19(24)13-23-12-4-7-20(23)17-8-10-18(22)11-9-17/h3,5-6,8-11,19-20,24H,4,7,12-14H2,1-2H3/t19-,20-/m1/s1. The first-order chi connectivity index (χ1) is 12.0. The number of hydrogen-bond acceptors (Lipinski definition) is 3. The number of benzene rings is 2. The number of β-amino-alcohol motifs (C(OH)–C–C–N with tert-alkyl or cyclic N) is 1. The number of aryl methyl sites for hydroxylation is 2. The molecular formula is C21H26FNO2.